The van der Waals surface area contributed by atoms with Crippen LogP contribution in [-0.2, 0) is 22.6 Å². The quantitative estimate of drug-likeness (QED) is 0.427. The Morgan fingerprint density at radius 2 is 1.60 bits per heavy atom. The molecule has 0 fully saturated rings. The minimum absolute atomic E-state index is 0.203. The molecule has 3 rings (SSSR count). The molecule has 0 aliphatic rings. The van der Waals surface area contributed by atoms with Gasteiger partial charge in [-0.05, 0) is 53.8 Å². The molecular weight excluding hydrogens is 443 g/mol. The van der Waals surface area contributed by atoms with Crippen molar-refractivity contribution in [2.45, 2.75) is 39.8 Å². The van der Waals surface area contributed by atoms with Crippen molar-refractivity contribution in [1.29, 1.82) is 0 Å². The molecule has 35 heavy (non-hydrogen) atoms. The SMILES string of the molecule is Cc1ccccc1CN(C(=O)COc1ccc(F)cc1)[C@H](Cc1ccccc1)C(=O)NCC(C)C. The van der Waals surface area contributed by atoms with Gasteiger partial charge in [-0.25, -0.2) is 4.39 Å². The second-order valence-corrected chi connectivity index (χ2v) is 9.04. The average molecular weight is 477 g/mol. The van der Waals surface area contributed by atoms with Gasteiger partial charge in [0, 0.05) is 19.5 Å². The Bertz CT molecular complexity index is 1100. The number of benzene rings is 3. The standard InChI is InChI=1S/C29H33FN2O3/c1-21(2)18-31-29(34)27(17-23-10-5-4-6-11-23)32(19-24-12-8-7-9-22(24)3)28(33)20-35-26-15-13-25(30)14-16-26/h4-16,21,27H,17-20H2,1-3H3,(H,31,34)/t27-/m1/s1. The molecule has 0 radical (unpaired) electrons. The summed E-state index contributed by atoms with van der Waals surface area (Å²) in [5.41, 5.74) is 2.95. The molecule has 0 saturated heterocycles. The van der Waals surface area contributed by atoms with Gasteiger partial charge in [-0.2, -0.15) is 0 Å². The Hall–Kier alpha value is -3.67. The first kappa shape index (κ1) is 25.9. The van der Waals surface area contributed by atoms with Gasteiger partial charge in [0.15, 0.2) is 6.61 Å². The Morgan fingerprint density at radius 3 is 2.26 bits per heavy atom. The zero-order valence-electron chi connectivity index (χ0n) is 20.5. The lowest BCUT2D eigenvalue weighted by Crippen LogP contribution is -2.52. The van der Waals surface area contributed by atoms with E-state index in [0.717, 1.165) is 16.7 Å². The summed E-state index contributed by atoms with van der Waals surface area (Å²) in [6.07, 6.45) is 0.374. The largest absolute Gasteiger partial charge is 0.484 e. The number of rotatable bonds is 11. The normalized spacial score (nSPS) is 11.7. The molecule has 1 N–H and O–H groups in total. The van der Waals surface area contributed by atoms with Gasteiger partial charge in [-0.15, -0.1) is 0 Å². The Labute approximate surface area is 206 Å². The van der Waals surface area contributed by atoms with E-state index in [9.17, 15) is 14.0 Å². The van der Waals surface area contributed by atoms with Gasteiger partial charge in [0.1, 0.15) is 17.6 Å². The molecule has 0 bridgehead atoms. The maximum absolute atomic E-state index is 13.5. The molecule has 0 heterocycles. The minimum Gasteiger partial charge on any atom is -0.484 e. The summed E-state index contributed by atoms with van der Waals surface area (Å²) in [6, 6.07) is 22.3. The van der Waals surface area contributed by atoms with Crippen molar-refractivity contribution >= 4 is 11.8 Å². The number of amides is 2. The fraction of sp³-hybridized carbons (Fsp3) is 0.310. The number of hydrogen-bond acceptors (Lipinski definition) is 3. The van der Waals surface area contributed by atoms with Gasteiger partial charge in [-0.3, -0.25) is 9.59 Å². The van der Waals surface area contributed by atoms with Gasteiger partial charge in [-0.1, -0.05) is 68.4 Å². The van der Waals surface area contributed by atoms with E-state index in [0.29, 0.717) is 18.7 Å². The highest BCUT2D eigenvalue weighted by Gasteiger charge is 2.31. The highest BCUT2D eigenvalue weighted by molar-refractivity contribution is 5.88. The van der Waals surface area contributed by atoms with Crippen LogP contribution in [0, 0.1) is 18.7 Å². The van der Waals surface area contributed by atoms with Crippen molar-refractivity contribution in [3.63, 3.8) is 0 Å². The monoisotopic (exact) mass is 476 g/mol. The molecule has 5 nitrogen and oxygen atoms in total. The number of carbonyl (C=O) groups is 2. The number of carbonyl (C=O) groups excluding carboxylic acids is 2. The van der Waals surface area contributed by atoms with Crippen molar-refractivity contribution < 1.29 is 18.7 Å². The van der Waals surface area contributed by atoms with Crippen LogP contribution < -0.4 is 10.1 Å². The number of ether oxygens (including phenoxy) is 1. The van der Waals surface area contributed by atoms with Crippen LogP contribution in [-0.4, -0.2) is 35.9 Å². The van der Waals surface area contributed by atoms with E-state index in [2.05, 4.69) is 5.32 Å². The molecule has 3 aromatic rings. The lowest BCUT2D eigenvalue weighted by atomic mass is 10.0. The Morgan fingerprint density at radius 1 is 0.943 bits per heavy atom. The van der Waals surface area contributed by atoms with Crippen molar-refractivity contribution in [1.82, 2.24) is 10.2 Å². The van der Waals surface area contributed by atoms with Gasteiger partial charge < -0.3 is 15.0 Å². The first-order valence-corrected chi connectivity index (χ1v) is 11.9. The van der Waals surface area contributed by atoms with Crippen LogP contribution in [0.3, 0.4) is 0 Å². The molecule has 2 amide bonds. The lowest BCUT2D eigenvalue weighted by Gasteiger charge is -2.32. The van der Waals surface area contributed by atoms with Gasteiger partial charge in [0.25, 0.3) is 5.91 Å². The van der Waals surface area contributed by atoms with E-state index in [4.69, 9.17) is 4.74 Å². The summed E-state index contributed by atoms with van der Waals surface area (Å²) in [5, 5.41) is 3.00. The molecule has 0 unspecified atom stereocenters. The zero-order chi connectivity index (χ0) is 25.2. The Kier molecular flexibility index (Phi) is 9.41. The molecule has 184 valence electrons. The third-order valence-corrected chi connectivity index (χ3v) is 5.73. The number of nitrogens with one attached hydrogen (secondary N) is 1. The van der Waals surface area contributed by atoms with E-state index in [1.165, 1.54) is 24.3 Å². The Balaban J connectivity index is 1.90. The van der Waals surface area contributed by atoms with E-state index in [1.807, 2.05) is 75.4 Å². The summed E-state index contributed by atoms with van der Waals surface area (Å²) in [6.45, 7) is 6.56. The predicted octanol–water partition coefficient (Wildman–Crippen LogP) is 4.93. The minimum atomic E-state index is -0.722. The maximum Gasteiger partial charge on any atom is 0.261 e. The highest BCUT2D eigenvalue weighted by Crippen LogP contribution is 2.18. The summed E-state index contributed by atoms with van der Waals surface area (Å²) in [7, 11) is 0. The number of halogens is 1. The fourth-order valence-corrected chi connectivity index (χ4v) is 3.71. The summed E-state index contributed by atoms with van der Waals surface area (Å²) < 4.78 is 18.9. The molecule has 0 spiro atoms. The molecule has 1 atom stereocenters. The van der Waals surface area contributed by atoms with E-state index in [-0.39, 0.29) is 36.7 Å². The molecule has 0 aromatic heterocycles. The molecule has 0 saturated carbocycles. The van der Waals surface area contributed by atoms with E-state index < -0.39 is 6.04 Å². The molecule has 0 aliphatic heterocycles. The molecule has 6 heteroatoms. The maximum atomic E-state index is 13.5. The third kappa shape index (κ3) is 7.95. The fourth-order valence-electron chi connectivity index (χ4n) is 3.71. The zero-order valence-corrected chi connectivity index (χ0v) is 20.5. The summed E-state index contributed by atoms with van der Waals surface area (Å²) >= 11 is 0. The molecule has 3 aromatic carbocycles. The number of aryl methyl sites for hydroxylation is 1. The molecular formula is C29H33FN2O3. The second kappa shape index (κ2) is 12.7. The van der Waals surface area contributed by atoms with Crippen molar-refractivity contribution in [3.05, 3.63) is 101 Å². The number of nitrogens with zero attached hydrogens (tertiary/aromatic N) is 1. The third-order valence-electron chi connectivity index (χ3n) is 5.73. The van der Waals surface area contributed by atoms with Gasteiger partial charge in [0.05, 0.1) is 0 Å². The van der Waals surface area contributed by atoms with Crippen LogP contribution in [0.4, 0.5) is 4.39 Å². The average Bonchev–Trinajstić information content (AvgIpc) is 2.85. The summed E-state index contributed by atoms with van der Waals surface area (Å²) in [5.74, 6) is -0.239. The van der Waals surface area contributed by atoms with Crippen LogP contribution in [0.25, 0.3) is 0 Å². The van der Waals surface area contributed by atoms with E-state index >= 15 is 0 Å². The van der Waals surface area contributed by atoms with Crippen molar-refractivity contribution in [2.24, 2.45) is 5.92 Å². The van der Waals surface area contributed by atoms with Crippen LogP contribution in [0.15, 0.2) is 78.9 Å². The smallest absolute Gasteiger partial charge is 0.261 e. The topological polar surface area (TPSA) is 58.6 Å². The van der Waals surface area contributed by atoms with E-state index in [1.54, 1.807) is 4.90 Å². The predicted molar refractivity (Wildman–Crippen MR) is 135 cm³/mol. The second-order valence-electron chi connectivity index (χ2n) is 9.04. The first-order chi connectivity index (χ1) is 16.8. The van der Waals surface area contributed by atoms with Crippen molar-refractivity contribution in [2.75, 3.05) is 13.2 Å². The number of hydrogen-bond donors (Lipinski definition) is 1. The summed E-state index contributed by atoms with van der Waals surface area (Å²) in [4.78, 5) is 28.5. The first-order valence-electron chi connectivity index (χ1n) is 11.9. The van der Waals surface area contributed by atoms with Crippen molar-refractivity contribution in [3.8, 4) is 5.75 Å². The van der Waals surface area contributed by atoms with Crippen LogP contribution >= 0.6 is 0 Å². The highest BCUT2D eigenvalue weighted by atomic mass is 19.1. The van der Waals surface area contributed by atoms with Crippen LogP contribution in [0.1, 0.15) is 30.5 Å². The lowest BCUT2D eigenvalue weighted by molar-refractivity contribution is -0.142. The van der Waals surface area contributed by atoms with Crippen LogP contribution in [0.5, 0.6) is 5.75 Å². The van der Waals surface area contributed by atoms with Gasteiger partial charge >= 0.3 is 0 Å². The molecule has 0 aliphatic carbocycles. The van der Waals surface area contributed by atoms with Crippen LogP contribution in [0.2, 0.25) is 0 Å². The van der Waals surface area contributed by atoms with Gasteiger partial charge in [0.2, 0.25) is 5.91 Å².